The van der Waals surface area contributed by atoms with Gasteiger partial charge in [0.15, 0.2) is 0 Å². The molecular weight excluding hydrogens is 464 g/mol. The first-order valence-corrected chi connectivity index (χ1v) is 14.4. The van der Waals surface area contributed by atoms with Crippen molar-refractivity contribution in [2.75, 3.05) is 0 Å². The van der Waals surface area contributed by atoms with Crippen LogP contribution in [0.2, 0.25) is 0 Å². The molecule has 3 aliphatic rings. The molecule has 210 valence electrons. The van der Waals surface area contributed by atoms with Crippen LogP contribution in [0.5, 0.6) is 0 Å². The highest BCUT2D eigenvalue weighted by molar-refractivity contribution is 5.20. The summed E-state index contributed by atoms with van der Waals surface area (Å²) in [6.07, 6.45) is 13.4. The van der Waals surface area contributed by atoms with Crippen LogP contribution in [0.15, 0.2) is 47.6 Å². The Morgan fingerprint density at radius 2 is 1.81 bits per heavy atom. The Hall–Kier alpha value is -1.24. The van der Waals surface area contributed by atoms with Crippen LogP contribution < -0.4 is 0 Å². The van der Waals surface area contributed by atoms with Gasteiger partial charge in [-0.05, 0) is 66.9 Å². The maximum Gasteiger partial charge on any atom is 0.110 e. The topological polar surface area (TPSA) is 79.2 Å². The Balaban J connectivity index is 1.53. The number of aliphatic hydroxyl groups is 3. The Labute approximate surface area is 225 Å². The summed E-state index contributed by atoms with van der Waals surface area (Å²) < 4.78 is 12.4. The number of ether oxygens (including phenoxy) is 2. The lowest BCUT2D eigenvalue weighted by Crippen LogP contribution is -2.48. The van der Waals surface area contributed by atoms with E-state index in [0.29, 0.717) is 36.5 Å². The van der Waals surface area contributed by atoms with Gasteiger partial charge in [0.1, 0.15) is 12.2 Å². The number of hydrogen-bond acceptors (Lipinski definition) is 5. The van der Waals surface area contributed by atoms with Crippen molar-refractivity contribution >= 4 is 0 Å². The average molecular weight is 517 g/mol. The molecule has 1 saturated carbocycles. The normalized spacial score (nSPS) is 39.2. The van der Waals surface area contributed by atoms with Crippen molar-refractivity contribution in [2.45, 2.75) is 124 Å². The van der Waals surface area contributed by atoms with Gasteiger partial charge < -0.3 is 24.8 Å². The van der Waals surface area contributed by atoms with Crippen molar-refractivity contribution in [3.05, 3.63) is 47.6 Å². The molecule has 0 aromatic heterocycles. The first kappa shape index (κ1) is 30.3. The third kappa shape index (κ3) is 8.12. The molecule has 11 atom stereocenters. The molecule has 5 heteroatoms. The summed E-state index contributed by atoms with van der Waals surface area (Å²) in [7, 11) is 0. The first-order valence-electron chi connectivity index (χ1n) is 14.4. The summed E-state index contributed by atoms with van der Waals surface area (Å²) >= 11 is 0. The van der Waals surface area contributed by atoms with Gasteiger partial charge in [-0.15, -0.1) is 0 Å². The average Bonchev–Trinajstić information content (AvgIpc) is 3.45. The van der Waals surface area contributed by atoms with E-state index < -0.39 is 24.4 Å². The van der Waals surface area contributed by atoms with E-state index in [0.717, 1.165) is 12.8 Å². The molecule has 0 radical (unpaired) electrons. The fraction of sp³-hybridized carbons (Fsp3) is 0.750. The monoisotopic (exact) mass is 516 g/mol. The van der Waals surface area contributed by atoms with Crippen LogP contribution in [0.3, 0.4) is 0 Å². The van der Waals surface area contributed by atoms with E-state index in [1.165, 1.54) is 11.1 Å². The second-order valence-corrected chi connectivity index (χ2v) is 12.9. The minimum absolute atomic E-state index is 0.172. The lowest BCUT2D eigenvalue weighted by Gasteiger charge is -2.38. The van der Waals surface area contributed by atoms with E-state index in [-0.39, 0.29) is 23.7 Å². The molecule has 1 aliphatic carbocycles. The van der Waals surface area contributed by atoms with Gasteiger partial charge in [0.05, 0.1) is 30.5 Å². The minimum Gasteiger partial charge on any atom is -0.392 e. The molecule has 2 heterocycles. The molecule has 5 nitrogen and oxygen atoms in total. The van der Waals surface area contributed by atoms with Gasteiger partial charge in [0.25, 0.3) is 0 Å². The third-order valence-electron chi connectivity index (χ3n) is 8.64. The highest BCUT2D eigenvalue weighted by Gasteiger charge is 2.43. The maximum atomic E-state index is 10.5. The maximum absolute atomic E-state index is 10.5. The summed E-state index contributed by atoms with van der Waals surface area (Å²) in [5, 5.41) is 31.4. The number of hydrogen-bond donors (Lipinski definition) is 3. The summed E-state index contributed by atoms with van der Waals surface area (Å²) in [6, 6.07) is 0. The summed E-state index contributed by atoms with van der Waals surface area (Å²) in [6.45, 7) is 17.0. The van der Waals surface area contributed by atoms with Crippen LogP contribution in [-0.2, 0) is 9.47 Å². The van der Waals surface area contributed by atoms with Crippen LogP contribution in [0.4, 0.5) is 0 Å². The van der Waals surface area contributed by atoms with Crippen molar-refractivity contribution in [1.82, 2.24) is 0 Å². The lowest BCUT2D eigenvalue weighted by molar-refractivity contribution is -0.162. The number of allylic oxidation sites excluding steroid dienone is 4. The Bertz CT molecular complexity index is 865. The van der Waals surface area contributed by atoms with Crippen molar-refractivity contribution in [2.24, 2.45) is 29.1 Å². The van der Waals surface area contributed by atoms with E-state index in [1.807, 2.05) is 26.8 Å². The van der Waals surface area contributed by atoms with Crippen LogP contribution in [-0.4, -0.2) is 58.0 Å². The molecule has 1 unspecified atom stereocenters. The Kier molecular flexibility index (Phi) is 10.4. The van der Waals surface area contributed by atoms with E-state index in [9.17, 15) is 15.3 Å². The van der Waals surface area contributed by atoms with E-state index in [2.05, 4.69) is 65.0 Å². The Morgan fingerprint density at radius 1 is 1.14 bits per heavy atom. The largest absolute Gasteiger partial charge is 0.392 e. The number of aliphatic hydroxyl groups excluding tert-OH is 3. The molecule has 0 aromatic carbocycles. The van der Waals surface area contributed by atoms with Crippen LogP contribution in [0.25, 0.3) is 0 Å². The van der Waals surface area contributed by atoms with Gasteiger partial charge in [-0.3, -0.25) is 0 Å². The first-order chi connectivity index (χ1) is 17.3. The van der Waals surface area contributed by atoms with Gasteiger partial charge >= 0.3 is 0 Å². The van der Waals surface area contributed by atoms with E-state index in [1.54, 1.807) is 0 Å². The molecule has 37 heavy (non-hydrogen) atoms. The predicted octanol–water partition coefficient (Wildman–Crippen LogP) is 5.75. The molecule has 0 spiro atoms. The molecule has 3 N–H and O–H groups in total. The molecule has 2 aliphatic heterocycles. The molecule has 3 rings (SSSR count). The van der Waals surface area contributed by atoms with Gasteiger partial charge in [-0.2, -0.15) is 0 Å². The second-order valence-electron chi connectivity index (χ2n) is 12.9. The lowest BCUT2D eigenvalue weighted by atomic mass is 9.84. The van der Waals surface area contributed by atoms with E-state index in [4.69, 9.17) is 9.47 Å². The van der Waals surface area contributed by atoms with Crippen molar-refractivity contribution < 1.29 is 24.8 Å². The van der Waals surface area contributed by atoms with Crippen molar-refractivity contribution in [1.29, 1.82) is 0 Å². The summed E-state index contributed by atoms with van der Waals surface area (Å²) in [5.41, 5.74) is 2.40. The smallest absolute Gasteiger partial charge is 0.110 e. The summed E-state index contributed by atoms with van der Waals surface area (Å²) in [4.78, 5) is 0. The van der Waals surface area contributed by atoms with Gasteiger partial charge in [-0.1, -0.05) is 78.0 Å². The fourth-order valence-electron chi connectivity index (χ4n) is 5.65. The molecule has 2 fully saturated rings. The van der Waals surface area contributed by atoms with Crippen LogP contribution in [0, 0.1) is 29.1 Å². The third-order valence-corrected chi connectivity index (χ3v) is 8.64. The zero-order chi connectivity index (χ0) is 27.5. The zero-order valence-corrected chi connectivity index (χ0v) is 24.3. The Morgan fingerprint density at radius 3 is 2.46 bits per heavy atom. The van der Waals surface area contributed by atoms with Crippen LogP contribution in [0.1, 0.15) is 81.1 Å². The molecule has 0 aromatic rings. The number of rotatable bonds is 9. The highest BCUT2D eigenvalue weighted by atomic mass is 16.5. The van der Waals surface area contributed by atoms with Gasteiger partial charge in [0, 0.05) is 12.8 Å². The van der Waals surface area contributed by atoms with Gasteiger partial charge in [0.2, 0.25) is 0 Å². The van der Waals surface area contributed by atoms with E-state index >= 15 is 0 Å². The SMILES string of the molecule is CC[C@H]1O[C@@H](/C(C)=C/[C@H](C)/C=C/[C@H]2[C@@H](C)[C@@H]2/C=C/[C@@H]2O[C@H](CC(O)C(C)(C)C)C[C@H](O)[C@H]2O)CC=C1C. The second kappa shape index (κ2) is 12.7. The standard InChI is InChI=1S/C32H52O5/c1-9-27-20(3)11-14-28(37-27)21(4)16-19(2)10-12-24-22(5)25(24)13-15-29-31(35)26(33)17-23(36-29)18-30(34)32(6,7)8/h10-13,15-16,19,22-31,33-35H,9,14,17-18H2,1-8H3/b12-10+,15-13+,21-16+/t19-,22-,23+,24+,25+,26+,27-,28-,29+,30?,31-/m1/s1. The highest BCUT2D eigenvalue weighted by Crippen LogP contribution is 2.48. The minimum atomic E-state index is -0.941. The molecular formula is C32H52O5. The quantitative estimate of drug-likeness (QED) is 0.340. The fourth-order valence-corrected chi connectivity index (χ4v) is 5.65. The van der Waals surface area contributed by atoms with Crippen LogP contribution >= 0.6 is 0 Å². The summed E-state index contributed by atoms with van der Waals surface area (Å²) in [5.74, 6) is 1.75. The predicted molar refractivity (Wildman–Crippen MR) is 150 cm³/mol. The van der Waals surface area contributed by atoms with Gasteiger partial charge in [-0.25, -0.2) is 0 Å². The molecule has 0 bridgehead atoms. The van der Waals surface area contributed by atoms with Crippen molar-refractivity contribution in [3.63, 3.8) is 0 Å². The zero-order valence-electron chi connectivity index (χ0n) is 24.3. The molecule has 0 amide bonds. The van der Waals surface area contributed by atoms with Crippen molar-refractivity contribution in [3.8, 4) is 0 Å². The molecule has 1 saturated heterocycles.